The summed E-state index contributed by atoms with van der Waals surface area (Å²) in [4.78, 5) is 0. The topological polar surface area (TPSA) is 96.3 Å². The van der Waals surface area contributed by atoms with Crippen LogP contribution in [0.1, 0.15) is 17.5 Å². The van der Waals surface area contributed by atoms with E-state index in [4.69, 9.17) is 9.47 Å². The first kappa shape index (κ1) is 25.9. The summed E-state index contributed by atoms with van der Waals surface area (Å²) in [5.41, 5.74) is 2.34. The molecule has 11 heteroatoms. The van der Waals surface area contributed by atoms with E-state index in [1.54, 1.807) is 24.3 Å². The highest BCUT2D eigenvalue weighted by Gasteiger charge is 2.55. The van der Waals surface area contributed by atoms with Crippen LogP contribution >= 0.6 is 0 Å². The predicted molar refractivity (Wildman–Crippen MR) is 135 cm³/mol. The molecule has 2 bridgehead atoms. The Morgan fingerprint density at radius 1 is 0.895 bits per heavy atom. The van der Waals surface area contributed by atoms with Crippen molar-refractivity contribution in [1.29, 1.82) is 0 Å². The number of alkyl halides is 3. The number of nitrogens with zero attached hydrogens (tertiary/aromatic N) is 1. The summed E-state index contributed by atoms with van der Waals surface area (Å²) in [5, 5.41) is 18.2. The van der Waals surface area contributed by atoms with Crippen molar-refractivity contribution in [2.24, 2.45) is 0 Å². The second-order valence-corrected chi connectivity index (χ2v) is 11.2. The normalized spacial score (nSPS) is 21.1. The van der Waals surface area contributed by atoms with Crippen LogP contribution in [0.25, 0.3) is 11.1 Å². The van der Waals surface area contributed by atoms with Crippen LogP contribution in [0.5, 0.6) is 17.2 Å². The third-order valence-corrected chi connectivity index (χ3v) is 8.88. The average molecular weight is 548 g/mol. The molecule has 1 saturated heterocycles. The van der Waals surface area contributed by atoms with Gasteiger partial charge in [-0.2, -0.15) is 13.2 Å². The van der Waals surface area contributed by atoms with Gasteiger partial charge in [0.2, 0.25) is 10.0 Å². The fraction of sp³-hybridized carbons (Fsp3) is 0.259. The zero-order valence-electron chi connectivity index (χ0n) is 20.1. The molecule has 0 amide bonds. The number of fused-ring (bicyclic) bond motifs is 2. The van der Waals surface area contributed by atoms with E-state index in [1.165, 1.54) is 55.6 Å². The number of phenolic OH excluding ortho intramolecular Hbond substituents is 2. The number of rotatable bonds is 7. The van der Waals surface area contributed by atoms with Gasteiger partial charge < -0.3 is 19.7 Å². The number of aromatic hydroxyl groups is 2. The fourth-order valence-corrected chi connectivity index (χ4v) is 7.04. The van der Waals surface area contributed by atoms with E-state index >= 15 is 0 Å². The lowest BCUT2D eigenvalue weighted by molar-refractivity contribution is -0.117. The molecule has 2 aliphatic heterocycles. The highest BCUT2D eigenvalue weighted by Crippen LogP contribution is 2.51. The van der Waals surface area contributed by atoms with Gasteiger partial charge in [0.25, 0.3) is 0 Å². The second-order valence-electron chi connectivity index (χ2n) is 9.11. The quantitative estimate of drug-likeness (QED) is 0.434. The van der Waals surface area contributed by atoms with Gasteiger partial charge >= 0.3 is 6.18 Å². The Morgan fingerprint density at radius 3 is 1.92 bits per heavy atom. The maximum absolute atomic E-state index is 13.9. The number of halogens is 3. The number of anilines is 1. The third-order valence-electron chi connectivity index (χ3n) is 6.72. The van der Waals surface area contributed by atoms with Gasteiger partial charge in [-0.1, -0.05) is 24.3 Å². The van der Waals surface area contributed by atoms with Gasteiger partial charge in [-0.15, -0.1) is 0 Å². The molecule has 3 aromatic rings. The van der Waals surface area contributed by atoms with Crippen molar-refractivity contribution in [1.82, 2.24) is 0 Å². The second kappa shape index (κ2) is 9.55. The molecule has 200 valence electrons. The highest BCUT2D eigenvalue weighted by atomic mass is 32.2. The van der Waals surface area contributed by atoms with Crippen molar-refractivity contribution >= 4 is 26.9 Å². The van der Waals surface area contributed by atoms with Crippen molar-refractivity contribution < 1.29 is 41.3 Å². The minimum Gasteiger partial charge on any atom is -0.508 e. The Labute approximate surface area is 217 Å². The molecule has 0 aromatic heterocycles. The molecule has 3 aromatic carbocycles. The summed E-state index contributed by atoms with van der Waals surface area (Å²) < 4.78 is 80.2. The predicted octanol–water partition coefficient (Wildman–Crippen LogP) is 4.96. The van der Waals surface area contributed by atoms with Crippen LogP contribution in [0.15, 0.2) is 72.8 Å². The summed E-state index contributed by atoms with van der Waals surface area (Å²) >= 11 is 0. The maximum atomic E-state index is 13.9. The number of ether oxygens (including phenoxy) is 2. The Hall–Kier alpha value is -3.70. The zero-order valence-corrected chi connectivity index (χ0v) is 20.9. The van der Waals surface area contributed by atoms with Crippen molar-refractivity contribution in [3.63, 3.8) is 0 Å². The molecule has 1 fully saturated rings. The van der Waals surface area contributed by atoms with Crippen LogP contribution < -0.4 is 9.04 Å². The maximum Gasteiger partial charge on any atom is 0.407 e. The lowest BCUT2D eigenvalue weighted by Crippen LogP contribution is -2.47. The number of hydrogen-bond donors (Lipinski definition) is 2. The molecule has 0 unspecified atom stereocenters. The fourth-order valence-electron chi connectivity index (χ4n) is 5.05. The number of benzene rings is 3. The van der Waals surface area contributed by atoms with Crippen LogP contribution in [0.3, 0.4) is 0 Å². The standard InChI is InChI=1S/C27H24F3NO6S/c1-36-21-12-6-18(7-13-21)31(15-27(28,29)30)38(34,35)23-14-22-24(16-2-8-19(32)9-3-16)25(26(23)37-22)17-4-10-20(33)11-5-17/h2-13,22-23,26,32-33H,14-15H2,1H3/t22-,23+,26+/m1/s1. The van der Waals surface area contributed by atoms with Crippen molar-refractivity contribution in [2.75, 3.05) is 18.0 Å². The lowest BCUT2D eigenvalue weighted by atomic mass is 9.83. The number of methoxy groups -OCH3 is 1. The zero-order chi connectivity index (χ0) is 27.2. The molecule has 0 aliphatic carbocycles. The smallest absolute Gasteiger partial charge is 0.407 e. The summed E-state index contributed by atoms with van der Waals surface area (Å²) in [6.45, 7) is -1.70. The molecule has 2 heterocycles. The Bertz CT molecular complexity index is 1450. The molecular formula is C27H24F3NO6S. The molecule has 0 radical (unpaired) electrons. The van der Waals surface area contributed by atoms with Crippen LogP contribution in [0.2, 0.25) is 0 Å². The first-order chi connectivity index (χ1) is 18.0. The Balaban J connectivity index is 1.60. The molecule has 0 saturated carbocycles. The molecular weight excluding hydrogens is 523 g/mol. The molecule has 2 aliphatic rings. The van der Waals surface area contributed by atoms with Crippen LogP contribution in [0, 0.1) is 0 Å². The van der Waals surface area contributed by atoms with Crippen LogP contribution in [-0.4, -0.2) is 55.9 Å². The Morgan fingerprint density at radius 2 is 1.42 bits per heavy atom. The van der Waals surface area contributed by atoms with E-state index in [-0.39, 0.29) is 23.6 Å². The van der Waals surface area contributed by atoms with Gasteiger partial charge in [0.15, 0.2) is 0 Å². The average Bonchev–Trinajstić information content (AvgIpc) is 3.48. The largest absolute Gasteiger partial charge is 0.508 e. The van der Waals surface area contributed by atoms with E-state index < -0.39 is 40.2 Å². The van der Waals surface area contributed by atoms with Gasteiger partial charge in [-0.25, -0.2) is 8.42 Å². The van der Waals surface area contributed by atoms with Gasteiger partial charge in [0.05, 0.1) is 18.9 Å². The van der Waals surface area contributed by atoms with Crippen molar-refractivity contribution in [2.45, 2.75) is 30.1 Å². The van der Waals surface area contributed by atoms with E-state index in [2.05, 4.69) is 0 Å². The van der Waals surface area contributed by atoms with E-state index in [1.807, 2.05) is 0 Å². The monoisotopic (exact) mass is 547 g/mol. The van der Waals surface area contributed by atoms with Crippen molar-refractivity contribution in [3.8, 4) is 17.2 Å². The summed E-state index contributed by atoms with van der Waals surface area (Å²) in [5.74, 6) is 0.425. The van der Waals surface area contributed by atoms with E-state index in [0.29, 0.717) is 32.3 Å². The van der Waals surface area contributed by atoms with Gasteiger partial charge in [-0.05, 0) is 77.2 Å². The SMILES string of the molecule is COc1ccc(N(CC(F)(F)F)S(=O)(=O)[C@H]2C[C@H]3O[C@@H]2C(c2ccc(O)cc2)=C3c2ccc(O)cc2)cc1. The Kier molecular flexibility index (Phi) is 6.52. The number of phenols is 2. The first-order valence-electron chi connectivity index (χ1n) is 11.7. The van der Waals surface area contributed by atoms with Gasteiger partial charge in [0, 0.05) is 0 Å². The molecule has 2 N–H and O–H groups in total. The third kappa shape index (κ3) is 4.79. The molecule has 5 rings (SSSR count). The first-order valence-corrected chi connectivity index (χ1v) is 13.2. The van der Waals surface area contributed by atoms with Gasteiger partial charge in [0.1, 0.15) is 35.1 Å². The van der Waals surface area contributed by atoms with Crippen LogP contribution in [0.4, 0.5) is 18.9 Å². The van der Waals surface area contributed by atoms with Crippen molar-refractivity contribution in [3.05, 3.63) is 83.9 Å². The van der Waals surface area contributed by atoms with E-state index in [9.17, 15) is 31.8 Å². The van der Waals surface area contributed by atoms with E-state index in [0.717, 1.165) is 0 Å². The molecule has 3 atom stereocenters. The molecule has 38 heavy (non-hydrogen) atoms. The highest BCUT2D eigenvalue weighted by molar-refractivity contribution is 7.93. The molecule has 0 spiro atoms. The van der Waals surface area contributed by atoms with Crippen LogP contribution in [-0.2, 0) is 14.8 Å². The minimum absolute atomic E-state index is 0.00429. The number of sulfonamides is 1. The van der Waals surface area contributed by atoms with Gasteiger partial charge in [-0.3, -0.25) is 4.31 Å². The molecule has 7 nitrogen and oxygen atoms in total. The minimum atomic E-state index is -4.79. The number of hydrogen-bond acceptors (Lipinski definition) is 6. The summed E-state index contributed by atoms with van der Waals surface area (Å²) in [6.07, 6.45) is -6.59. The summed E-state index contributed by atoms with van der Waals surface area (Å²) in [7, 11) is -3.18. The summed E-state index contributed by atoms with van der Waals surface area (Å²) in [6, 6.07) is 17.8. The lowest BCUT2D eigenvalue weighted by Gasteiger charge is -2.32.